The van der Waals surface area contributed by atoms with Gasteiger partial charge in [-0.25, -0.2) is 9.59 Å². The van der Waals surface area contributed by atoms with E-state index in [1.165, 1.54) is 25.0 Å². The molecule has 14 heteroatoms. The van der Waals surface area contributed by atoms with Crippen LogP contribution in [0.5, 0.6) is 23.0 Å². The van der Waals surface area contributed by atoms with E-state index in [1.54, 1.807) is 73.7 Å². The average Bonchev–Trinajstić information content (AvgIpc) is 3.49. The highest BCUT2D eigenvalue weighted by Crippen LogP contribution is 2.42. The zero-order valence-electron chi connectivity index (χ0n) is 44.5. The normalized spacial score (nSPS) is 24.0. The van der Waals surface area contributed by atoms with Crippen molar-refractivity contribution in [2.24, 2.45) is 35.5 Å². The maximum atomic E-state index is 14.3. The molecule has 0 atom stereocenters. The number of carbonyl (C=O) groups excluding carboxylic acids is 8. The summed E-state index contributed by atoms with van der Waals surface area (Å²) in [5, 5.41) is 0. The quantitative estimate of drug-likeness (QED) is 0.0669. The first-order chi connectivity index (χ1) is 37.2. The SMILES string of the molecule is CCCC1CCC(C(=O)Oc2ccc(C(=O)OC3CCC(C(=O)Oc4ccc(OC(=O)C5CCC(OC(=O)c6ccc(OC(=O)C7CCC(CCC)CC7)cc6)CC5)c5c4C(=O)c4ccc(C)cc4C5=O)CC3)cc2)CC1. The predicted octanol–water partition coefficient (Wildman–Crippen LogP) is 12.4. The molecule has 5 aliphatic rings. The van der Waals surface area contributed by atoms with Crippen molar-refractivity contribution in [3.8, 4) is 23.0 Å². The minimum Gasteiger partial charge on any atom is -0.459 e. The van der Waals surface area contributed by atoms with Crippen molar-refractivity contribution in [3.63, 3.8) is 0 Å². The lowest BCUT2D eigenvalue weighted by Crippen LogP contribution is -2.32. The van der Waals surface area contributed by atoms with Crippen LogP contribution in [0.3, 0.4) is 0 Å². The number of benzene rings is 4. The van der Waals surface area contributed by atoms with E-state index in [0.29, 0.717) is 85.8 Å². The summed E-state index contributed by atoms with van der Waals surface area (Å²) in [7, 11) is 0. The Morgan fingerprint density at radius 3 is 1.14 bits per heavy atom. The number of esters is 6. The first-order valence-corrected chi connectivity index (χ1v) is 28.1. The Bertz CT molecular complexity index is 2830. The van der Waals surface area contributed by atoms with Crippen molar-refractivity contribution < 1.29 is 66.8 Å². The monoisotopic (exact) mass is 1050 g/mol. The van der Waals surface area contributed by atoms with Crippen molar-refractivity contribution in [2.75, 3.05) is 0 Å². The molecular weight excluding hydrogens is 981 g/mol. The fourth-order valence-corrected chi connectivity index (χ4v) is 12.1. The van der Waals surface area contributed by atoms with Gasteiger partial charge in [0, 0.05) is 11.1 Å². The predicted molar refractivity (Wildman–Crippen MR) is 283 cm³/mol. The molecule has 0 radical (unpaired) electrons. The molecule has 77 heavy (non-hydrogen) atoms. The molecule has 0 saturated heterocycles. The van der Waals surface area contributed by atoms with Crippen LogP contribution in [0.1, 0.15) is 200 Å². The Labute approximate surface area is 450 Å². The van der Waals surface area contributed by atoms with Crippen LogP contribution in [0.4, 0.5) is 0 Å². The van der Waals surface area contributed by atoms with Crippen molar-refractivity contribution in [2.45, 2.75) is 161 Å². The van der Waals surface area contributed by atoms with Crippen molar-refractivity contribution in [1.82, 2.24) is 0 Å². The number of hydrogen-bond donors (Lipinski definition) is 0. The van der Waals surface area contributed by atoms with Gasteiger partial charge in [0.1, 0.15) is 35.2 Å². The molecule has 4 aromatic rings. The van der Waals surface area contributed by atoms with Gasteiger partial charge in [-0.2, -0.15) is 0 Å². The van der Waals surface area contributed by atoms with Crippen LogP contribution in [0.25, 0.3) is 0 Å². The van der Waals surface area contributed by atoms with E-state index in [-0.39, 0.29) is 57.5 Å². The van der Waals surface area contributed by atoms with E-state index in [0.717, 1.165) is 69.8 Å². The number of ether oxygens (including phenoxy) is 6. The molecule has 406 valence electrons. The summed E-state index contributed by atoms with van der Waals surface area (Å²) in [6.45, 7) is 6.16. The number of hydrogen-bond acceptors (Lipinski definition) is 14. The second-order valence-corrected chi connectivity index (χ2v) is 22.0. The van der Waals surface area contributed by atoms with E-state index < -0.39 is 59.5 Å². The van der Waals surface area contributed by atoms with Gasteiger partial charge in [0.25, 0.3) is 0 Å². The van der Waals surface area contributed by atoms with Gasteiger partial charge in [0.05, 0.1) is 45.9 Å². The molecule has 0 N–H and O–H groups in total. The van der Waals surface area contributed by atoms with Crippen LogP contribution in [0, 0.1) is 42.4 Å². The molecule has 4 fully saturated rings. The molecule has 0 aliphatic heterocycles. The van der Waals surface area contributed by atoms with E-state index in [1.807, 2.05) is 0 Å². The van der Waals surface area contributed by atoms with Crippen LogP contribution in [0.15, 0.2) is 78.9 Å². The molecule has 5 aliphatic carbocycles. The summed E-state index contributed by atoms with van der Waals surface area (Å²) in [5.41, 5.74) is 1.29. The summed E-state index contributed by atoms with van der Waals surface area (Å²) < 4.78 is 34.8. The third kappa shape index (κ3) is 13.2. The van der Waals surface area contributed by atoms with Crippen LogP contribution < -0.4 is 18.9 Å². The summed E-state index contributed by atoms with van der Waals surface area (Å²) in [5.74, 6) is -3.45. The van der Waals surface area contributed by atoms with Gasteiger partial charge in [-0.15, -0.1) is 0 Å². The van der Waals surface area contributed by atoms with Crippen molar-refractivity contribution in [1.29, 1.82) is 0 Å². The van der Waals surface area contributed by atoms with Crippen molar-refractivity contribution >= 4 is 47.4 Å². The number of rotatable bonds is 16. The second kappa shape index (κ2) is 25.0. The summed E-state index contributed by atoms with van der Waals surface area (Å²) in [4.78, 5) is 108. The maximum Gasteiger partial charge on any atom is 0.338 e. The topological polar surface area (TPSA) is 192 Å². The van der Waals surface area contributed by atoms with Gasteiger partial charge in [-0.3, -0.25) is 28.8 Å². The largest absolute Gasteiger partial charge is 0.459 e. The molecule has 0 spiro atoms. The van der Waals surface area contributed by atoms with Gasteiger partial charge in [-0.1, -0.05) is 57.2 Å². The lowest BCUT2D eigenvalue weighted by atomic mass is 9.80. The molecule has 0 unspecified atom stereocenters. The van der Waals surface area contributed by atoms with E-state index in [9.17, 15) is 38.4 Å². The molecule has 9 rings (SSSR count). The maximum absolute atomic E-state index is 14.3. The lowest BCUT2D eigenvalue weighted by Gasteiger charge is -2.28. The zero-order valence-corrected chi connectivity index (χ0v) is 44.5. The zero-order chi connectivity index (χ0) is 54.2. The standard InChI is InChI=1S/C63H70O14/c1-4-6-38-9-13-40(14-10-38)58(66)72-46-25-17-42(18-26-46)60(68)74-48-29-21-44(22-30-48)62(70)76-52-34-35-53(55-54(52)56(64)50-33-8-37(3)36-51(50)57(55)65)77-63(71)45-23-31-49(32-24-45)75-61(69)43-19-27-47(28-20-43)73-59(67)41-15-11-39(7-5-2)12-16-41/h8,17-20,25-28,33-36,38-41,44-45,48-49H,4-7,9-16,21-24,29-32H2,1-3H3. The first-order valence-electron chi connectivity index (χ1n) is 28.1. The Morgan fingerprint density at radius 2 is 0.766 bits per heavy atom. The molecule has 4 saturated carbocycles. The highest BCUT2D eigenvalue weighted by molar-refractivity contribution is 6.30. The van der Waals surface area contributed by atoms with E-state index >= 15 is 0 Å². The lowest BCUT2D eigenvalue weighted by molar-refractivity contribution is -0.141. The molecular formula is C63H70O14. The number of carbonyl (C=O) groups is 8. The van der Waals surface area contributed by atoms with Crippen LogP contribution in [-0.4, -0.2) is 59.6 Å². The van der Waals surface area contributed by atoms with Gasteiger partial charge >= 0.3 is 35.8 Å². The van der Waals surface area contributed by atoms with E-state index in [4.69, 9.17) is 28.4 Å². The fraction of sp³-hybridized carbons (Fsp3) is 0.492. The summed E-state index contributed by atoms with van der Waals surface area (Å²) in [6, 6.07) is 20.3. The van der Waals surface area contributed by atoms with Crippen LogP contribution in [0.2, 0.25) is 0 Å². The summed E-state index contributed by atoms with van der Waals surface area (Å²) >= 11 is 0. The highest BCUT2D eigenvalue weighted by atomic mass is 16.6. The average molecular weight is 1050 g/mol. The Balaban J connectivity index is 0.766. The Hall–Kier alpha value is -6.96. The van der Waals surface area contributed by atoms with Gasteiger partial charge in [0.15, 0.2) is 11.6 Å². The number of ketones is 2. The number of fused-ring (bicyclic) bond motifs is 2. The molecule has 0 aromatic heterocycles. The highest BCUT2D eigenvalue weighted by Gasteiger charge is 2.39. The smallest absolute Gasteiger partial charge is 0.338 e. The summed E-state index contributed by atoms with van der Waals surface area (Å²) in [6.07, 6.45) is 14.1. The van der Waals surface area contributed by atoms with Gasteiger partial charge in [0.2, 0.25) is 0 Å². The fourth-order valence-electron chi connectivity index (χ4n) is 12.1. The number of aryl methyl sites for hydroxylation is 1. The first kappa shape index (κ1) is 54.8. The van der Waals surface area contributed by atoms with Crippen LogP contribution >= 0.6 is 0 Å². The third-order valence-corrected chi connectivity index (χ3v) is 16.6. The van der Waals surface area contributed by atoms with Gasteiger partial charge in [-0.05, 0) is 188 Å². The Kier molecular flexibility index (Phi) is 17.8. The molecule has 4 aromatic carbocycles. The third-order valence-electron chi connectivity index (χ3n) is 16.6. The minimum absolute atomic E-state index is 0.118. The Morgan fingerprint density at radius 1 is 0.416 bits per heavy atom. The van der Waals surface area contributed by atoms with Crippen LogP contribution in [-0.2, 0) is 28.7 Å². The molecule has 0 heterocycles. The molecule has 0 amide bonds. The second-order valence-electron chi connectivity index (χ2n) is 22.0. The van der Waals surface area contributed by atoms with Gasteiger partial charge < -0.3 is 28.4 Å². The van der Waals surface area contributed by atoms with E-state index in [2.05, 4.69) is 13.8 Å². The minimum atomic E-state index is -0.610. The molecule has 14 nitrogen and oxygen atoms in total. The molecule has 0 bridgehead atoms. The van der Waals surface area contributed by atoms with Crippen molar-refractivity contribution in [3.05, 3.63) is 118 Å².